The minimum Gasteiger partial charge on any atom is -0.357 e. The highest BCUT2D eigenvalue weighted by Gasteiger charge is 2.15. The van der Waals surface area contributed by atoms with E-state index in [1.54, 1.807) is 32.4 Å². The smallest absolute Gasteiger partial charge is 0.274 e. The summed E-state index contributed by atoms with van der Waals surface area (Å²) < 4.78 is 21.3. The van der Waals surface area contributed by atoms with E-state index >= 15 is 0 Å². The molecule has 0 radical (unpaired) electrons. The van der Waals surface area contributed by atoms with Crippen LogP contribution in [0.15, 0.2) is 40.4 Å². The quantitative estimate of drug-likeness (QED) is 0.759. The first kappa shape index (κ1) is 14.5. The summed E-state index contributed by atoms with van der Waals surface area (Å²) in [5.41, 5.74) is 2.48. The lowest BCUT2D eigenvalue weighted by atomic mass is 10.1. The lowest BCUT2D eigenvalue weighted by Crippen LogP contribution is -2.16. The fraction of sp³-hybridized carbons (Fsp3) is 0.200. The molecule has 3 rings (SSSR count). The molecule has 1 unspecified atom stereocenters. The summed E-state index contributed by atoms with van der Waals surface area (Å²) in [7, 11) is -1.23. The summed E-state index contributed by atoms with van der Waals surface area (Å²) in [5.74, 6) is 0. The zero-order chi connectivity index (χ0) is 16.1. The van der Waals surface area contributed by atoms with Crippen molar-refractivity contribution in [3.05, 3.63) is 46.5 Å². The van der Waals surface area contributed by atoms with Crippen molar-refractivity contribution in [1.82, 2.24) is 14.5 Å². The van der Waals surface area contributed by atoms with Crippen molar-refractivity contribution >= 4 is 20.6 Å². The van der Waals surface area contributed by atoms with Crippen LogP contribution in [0.5, 0.6) is 0 Å². The average molecular weight is 316 g/mol. The van der Waals surface area contributed by atoms with Crippen LogP contribution in [0.2, 0.25) is 0 Å². The number of aromatic amines is 1. The number of hydrogen-bond donors (Lipinski definition) is 2. The first-order valence-electron chi connectivity index (χ1n) is 6.67. The van der Waals surface area contributed by atoms with Crippen LogP contribution >= 0.6 is 0 Å². The first-order chi connectivity index (χ1) is 10.3. The Morgan fingerprint density at radius 3 is 2.73 bits per heavy atom. The highest BCUT2D eigenvalue weighted by molar-refractivity contribution is 7.91. The van der Waals surface area contributed by atoms with Gasteiger partial charge in [-0.15, -0.1) is 0 Å². The molecule has 3 aromatic rings. The lowest BCUT2D eigenvalue weighted by Gasteiger charge is -2.10. The maximum atomic E-state index is 12.1. The molecule has 0 spiro atoms. The fourth-order valence-corrected chi connectivity index (χ4v) is 3.48. The van der Waals surface area contributed by atoms with E-state index in [4.69, 9.17) is 4.78 Å². The number of H-pyrrole nitrogens is 1. The van der Waals surface area contributed by atoms with Crippen LogP contribution < -0.4 is 5.56 Å². The number of hydrogen-bond acceptors (Lipinski definition) is 4. The molecule has 2 N–H and O–H groups in total. The summed E-state index contributed by atoms with van der Waals surface area (Å²) in [5, 5.41) is 1.04. The molecule has 0 saturated heterocycles. The van der Waals surface area contributed by atoms with E-state index in [2.05, 4.69) is 9.97 Å². The van der Waals surface area contributed by atoms with Crippen molar-refractivity contribution in [2.24, 2.45) is 7.05 Å². The molecule has 3 aromatic heterocycles. The molecule has 0 bridgehead atoms. The van der Waals surface area contributed by atoms with Gasteiger partial charge in [-0.1, -0.05) is 6.07 Å². The Labute approximate surface area is 127 Å². The standard InChI is InChI=1S/C15H16N4O2S/c1-9-4-5-12(18-14(9)22(3,16)21)11-8-19(2)15(20)13-10(11)6-7-17-13/h4-8,16-17H,1-3H3. The van der Waals surface area contributed by atoms with Crippen LogP contribution in [0.1, 0.15) is 5.56 Å². The SMILES string of the molecule is Cc1ccc(-c2cn(C)c(=O)c3[nH]ccc23)nc1S(C)(=N)=O. The van der Waals surface area contributed by atoms with Gasteiger partial charge in [0.1, 0.15) is 10.5 Å². The van der Waals surface area contributed by atoms with Gasteiger partial charge < -0.3 is 9.55 Å². The molecule has 0 saturated carbocycles. The highest BCUT2D eigenvalue weighted by atomic mass is 32.2. The maximum Gasteiger partial charge on any atom is 0.274 e. The van der Waals surface area contributed by atoms with Gasteiger partial charge >= 0.3 is 0 Å². The number of nitrogens with zero attached hydrogens (tertiary/aromatic N) is 2. The van der Waals surface area contributed by atoms with Gasteiger partial charge in [-0.3, -0.25) is 4.79 Å². The topological polar surface area (TPSA) is 91.6 Å². The van der Waals surface area contributed by atoms with E-state index in [1.807, 2.05) is 12.1 Å². The van der Waals surface area contributed by atoms with Crippen molar-refractivity contribution < 1.29 is 4.21 Å². The molecule has 0 aromatic carbocycles. The van der Waals surface area contributed by atoms with E-state index in [-0.39, 0.29) is 10.6 Å². The summed E-state index contributed by atoms with van der Waals surface area (Å²) >= 11 is 0. The van der Waals surface area contributed by atoms with Gasteiger partial charge in [0.05, 0.1) is 15.4 Å². The Hall–Kier alpha value is -2.41. The number of aromatic nitrogens is 3. The van der Waals surface area contributed by atoms with Crippen LogP contribution in [0.4, 0.5) is 0 Å². The van der Waals surface area contributed by atoms with Crippen LogP contribution in [0, 0.1) is 11.7 Å². The van der Waals surface area contributed by atoms with Crippen LogP contribution in [-0.2, 0) is 16.8 Å². The maximum absolute atomic E-state index is 12.1. The van der Waals surface area contributed by atoms with E-state index in [9.17, 15) is 9.00 Å². The van der Waals surface area contributed by atoms with Gasteiger partial charge in [0, 0.05) is 36.6 Å². The third-order valence-corrected chi connectivity index (χ3v) is 4.74. The highest BCUT2D eigenvalue weighted by Crippen LogP contribution is 2.26. The first-order valence-corrected chi connectivity index (χ1v) is 8.64. The molecule has 0 aliphatic rings. The molecule has 6 nitrogen and oxygen atoms in total. The Morgan fingerprint density at radius 1 is 1.32 bits per heavy atom. The van der Waals surface area contributed by atoms with Gasteiger partial charge in [0.2, 0.25) is 0 Å². The van der Waals surface area contributed by atoms with Crippen LogP contribution in [0.3, 0.4) is 0 Å². The predicted octanol–water partition coefficient (Wildman–Crippen LogP) is 2.27. The minimum atomic E-state index is -2.91. The summed E-state index contributed by atoms with van der Waals surface area (Å²) in [4.78, 5) is 19.5. The fourth-order valence-electron chi connectivity index (χ4n) is 2.53. The van der Waals surface area contributed by atoms with E-state index in [1.165, 1.54) is 10.8 Å². The second kappa shape index (κ2) is 4.81. The number of aryl methyl sites for hydroxylation is 2. The second-order valence-electron chi connectivity index (χ2n) is 5.39. The van der Waals surface area contributed by atoms with Gasteiger partial charge in [0.15, 0.2) is 0 Å². The molecule has 0 fully saturated rings. The van der Waals surface area contributed by atoms with Gasteiger partial charge in [-0.25, -0.2) is 14.0 Å². The predicted molar refractivity (Wildman–Crippen MR) is 86.6 cm³/mol. The minimum absolute atomic E-state index is 0.115. The molecule has 3 heterocycles. The zero-order valence-electron chi connectivity index (χ0n) is 12.5. The van der Waals surface area contributed by atoms with E-state index < -0.39 is 9.73 Å². The molecule has 0 aliphatic heterocycles. The summed E-state index contributed by atoms with van der Waals surface area (Å²) in [6, 6.07) is 5.44. The van der Waals surface area contributed by atoms with Crippen molar-refractivity contribution in [3.63, 3.8) is 0 Å². The van der Waals surface area contributed by atoms with Gasteiger partial charge in [-0.05, 0) is 24.6 Å². The molecule has 7 heteroatoms. The van der Waals surface area contributed by atoms with Crippen molar-refractivity contribution in [2.45, 2.75) is 11.9 Å². The van der Waals surface area contributed by atoms with Crippen LogP contribution in [0.25, 0.3) is 22.2 Å². The molecule has 1 atom stereocenters. The van der Waals surface area contributed by atoms with E-state index in [0.29, 0.717) is 11.2 Å². The zero-order valence-corrected chi connectivity index (χ0v) is 13.3. The third-order valence-electron chi connectivity index (χ3n) is 3.59. The molecule has 0 amide bonds. The average Bonchev–Trinajstić information content (AvgIpc) is 2.92. The lowest BCUT2D eigenvalue weighted by molar-refractivity contribution is 0.675. The number of fused-ring (bicyclic) bond motifs is 1. The van der Waals surface area contributed by atoms with Gasteiger partial charge in [-0.2, -0.15) is 0 Å². The summed E-state index contributed by atoms with van der Waals surface area (Å²) in [6.07, 6.45) is 4.78. The van der Waals surface area contributed by atoms with E-state index in [0.717, 1.165) is 16.5 Å². The molecular formula is C15H16N4O2S. The molecule has 114 valence electrons. The molecular weight excluding hydrogens is 300 g/mol. The molecule has 22 heavy (non-hydrogen) atoms. The normalized spacial score (nSPS) is 14.1. The van der Waals surface area contributed by atoms with Gasteiger partial charge in [0.25, 0.3) is 5.56 Å². The van der Waals surface area contributed by atoms with Crippen molar-refractivity contribution in [2.75, 3.05) is 6.26 Å². The monoisotopic (exact) mass is 316 g/mol. The van der Waals surface area contributed by atoms with Crippen molar-refractivity contribution in [3.8, 4) is 11.3 Å². The Morgan fingerprint density at radius 2 is 2.05 bits per heavy atom. The van der Waals surface area contributed by atoms with Crippen molar-refractivity contribution in [1.29, 1.82) is 4.78 Å². The van der Waals surface area contributed by atoms with Crippen LogP contribution in [-0.4, -0.2) is 25.0 Å². The summed E-state index contributed by atoms with van der Waals surface area (Å²) in [6.45, 7) is 1.79. The molecule has 0 aliphatic carbocycles. The Bertz CT molecular complexity index is 1050. The Kier molecular flexibility index (Phi) is 3.17. The number of rotatable bonds is 2. The number of pyridine rings is 2. The second-order valence-corrected chi connectivity index (χ2v) is 7.46. The Balaban J connectivity index is 2.36. The number of nitrogens with one attached hydrogen (secondary N) is 2. The third kappa shape index (κ3) is 2.23. The largest absolute Gasteiger partial charge is 0.357 e.